The summed E-state index contributed by atoms with van der Waals surface area (Å²) in [5.41, 5.74) is 6.14. The van der Waals surface area contributed by atoms with E-state index in [4.69, 9.17) is 5.73 Å². The van der Waals surface area contributed by atoms with Crippen LogP contribution in [0.3, 0.4) is 0 Å². The van der Waals surface area contributed by atoms with Gasteiger partial charge in [0.05, 0.1) is 17.2 Å². The van der Waals surface area contributed by atoms with Crippen molar-refractivity contribution in [2.45, 2.75) is 44.2 Å². The van der Waals surface area contributed by atoms with Crippen molar-refractivity contribution in [3.8, 4) is 0 Å². The third-order valence-corrected chi connectivity index (χ3v) is 4.97. The van der Waals surface area contributed by atoms with E-state index in [1.165, 1.54) is 6.07 Å². The van der Waals surface area contributed by atoms with Crippen molar-refractivity contribution in [1.82, 2.24) is 14.8 Å². The number of allylic oxidation sites excluding steroid dienone is 1. The highest BCUT2D eigenvalue weighted by molar-refractivity contribution is 5.30. The largest absolute Gasteiger partial charge is 0.433 e. The van der Waals surface area contributed by atoms with E-state index in [-0.39, 0.29) is 18.3 Å². The maximum atomic E-state index is 12.7. The molecule has 1 saturated carbocycles. The number of nitro groups is 1. The molecule has 142 valence electrons. The molecular weight excluding hydrogens is 351 g/mol. The zero-order valence-corrected chi connectivity index (χ0v) is 14.4. The lowest BCUT2D eigenvalue weighted by Crippen LogP contribution is -2.58. The summed E-state index contributed by atoms with van der Waals surface area (Å²) in [7, 11) is 1.67. The number of aromatic nitrogens is 1. The summed E-state index contributed by atoms with van der Waals surface area (Å²) >= 11 is 0. The van der Waals surface area contributed by atoms with Gasteiger partial charge in [-0.05, 0) is 24.5 Å². The first-order chi connectivity index (χ1) is 12.1. The van der Waals surface area contributed by atoms with Crippen LogP contribution in [-0.2, 0) is 6.18 Å². The molecule has 2 aliphatic rings. The maximum absolute atomic E-state index is 12.7. The first-order valence-corrected chi connectivity index (χ1v) is 8.26. The van der Waals surface area contributed by atoms with Crippen LogP contribution >= 0.6 is 0 Å². The molecule has 7 nitrogen and oxygen atoms in total. The molecule has 0 aromatic carbocycles. The van der Waals surface area contributed by atoms with Crippen LogP contribution in [0.15, 0.2) is 29.7 Å². The van der Waals surface area contributed by atoms with Crippen LogP contribution in [-0.4, -0.2) is 45.6 Å². The van der Waals surface area contributed by atoms with Crippen LogP contribution in [0.4, 0.5) is 13.2 Å². The second-order valence-corrected chi connectivity index (χ2v) is 6.71. The molecule has 1 aromatic heterocycles. The number of hydrogen-bond acceptors (Lipinski definition) is 6. The molecule has 10 heteroatoms. The summed E-state index contributed by atoms with van der Waals surface area (Å²) in [4.78, 5) is 18.2. The van der Waals surface area contributed by atoms with Crippen LogP contribution in [0.25, 0.3) is 0 Å². The second-order valence-electron chi connectivity index (χ2n) is 6.71. The minimum atomic E-state index is -4.53. The van der Waals surface area contributed by atoms with Gasteiger partial charge in [-0.2, -0.15) is 13.2 Å². The van der Waals surface area contributed by atoms with Gasteiger partial charge in [-0.3, -0.25) is 25.7 Å². The standard InChI is InChI=1S/C16H20F3N5O2/c1-9(10-3-6-13(21-7-10)16(17,18)19)14-12(24(25)26)8-23(11-4-5-11)15(20)22(14)2/h3,6-7,9,11,15H,4-5,8,20H2,1-2H3. The maximum Gasteiger partial charge on any atom is 0.433 e. The van der Waals surface area contributed by atoms with E-state index in [9.17, 15) is 23.3 Å². The first kappa shape index (κ1) is 18.6. The number of halogens is 3. The topological polar surface area (TPSA) is 88.5 Å². The van der Waals surface area contributed by atoms with E-state index < -0.39 is 29.0 Å². The fourth-order valence-corrected chi connectivity index (χ4v) is 3.36. The van der Waals surface area contributed by atoms with E-state index >= 15 is 0 Å². The SMILES string of the molecule is CC(C1=C([N+](=O)[O-])CN(C2CC2)C(N)N1C)c1ccc(C(F)(F)F)nc1. The van der Waals surface area contributed by atoms with Gasteiger partial charge in [0.2, 0.25) is 0 Å². The molecule has 1 aliphatic carbocycles. The number of rotatable bonds is 4. The molecule has 2 heterocycles. The molecule has 1 fully saturated rings. The third kappa shape index (κ3) is 3.38. The molecule has 0 spiro atoms. The summed E-state index contributed by atoms with van der Waals surface area (Å²) in [6.45, 7) is 1.83. The summed E-state index contributed by atoms with van der Waals surface area (Å²) in [5.74, 6) is -0.511. The number of nitrogens with zero attached hydrogens (tertiary/aromatic N) is 4. The minimum Gasteiger partial charge on any atom is -0.344 e. The Morgan fingerprint density at radius 3 is 2.50 bits per heavy atom. The Kier molecular flexibility index (Phi) is 4.65. The number of pyridine rings is 1. The van der Waals surface area contributed by atoms with E-state index in [1.807, 2.05) is 4.90 Å². The molecule has 2 N–H and O–H groups in total. The Hall–Kier alpha value is -2.20. The zero-order chi connectivity index (χ0) is 19.2. The summed E-state index contributed by atoms with van der Waals surface area (Å²) in [6, 6.07) is 2.43. The van der Waals surface area contributed by atoms with Crippen LogP contribution < -0.4 is 5.73 Å². The minimum absolute atomic E-state index is 0.0218. The lowest BCUT2D eigenvalue weighted by Gasteiger charge is -2.42. The Morgan fingerprint density at radius 2 is 2.04 bits per heavy atom. The quantitative estimate of drug-likeness (QED) is 0.646. The fraction of sp³-hybridized carbons (Fsp3) is 0.562. The smallest absolute Gasteiger partial charge is 0.344 e. The van der Waals surface area contributed by atoms with Gasteiger partial charge in [0.1, 0.15) is 12.0 Å². The van der Waals surface area contributed by atoms with Gasteiger partial charge in [0, 0.05) is 25.2 Å². The Bertz CT molecular complexity index is 730. The number of hydrogen-bond donors (Lipinski definition) is 1. The number of nitrogens with two attached hydrogens (primary N) is 1. The van der Waals surface area contributed by atoms with Gasteiger partial charge in [-0.15, -0.1) is 0 Å². The molecule has 3 rings (SSSR count). The van der Waals surface area contributed by atoms with Crippen molar-refractivity contribution in [3.05, 3.63) is 51.1 Å². The highest BCUT2D eigenvalue weighted by atomic mass is 19.4. The summed E-state index contributed by atoms with van der Waals surface area (Å²) < 4.78 is 38.1. The predicted molar refractivity (Wildman–Crippen MR) is 87.1 cm³/mol. The van der Waals surface area contributed by atoms with Crippen molar-refractivity contribution in [2.24, 2.45) is 5.73 Å². The number of alkyl halides is 3. The molecule has 0 saturated heterocycles. The Balaban J connectivity index is 1.95. The molecule has 0 amide bonds. The molecule has 26 heavy (non-hydrogen) atoms. The first-order valence-electron chi connectivity index (χ1n) is 8.26. The fourth-order valence-electron chi connectivity index (χ4n) is 3.36. The van der Waals surface area contributed by atoms with Gasteiger partial charge in [0.15, 0.2) is 0 Å². The van der Waals surface area contributed by atoms with Crippen molar-refractivity contribution in [2.75, 3.05) is 13.6 Å². The van der Waals surface area contributed by atoms with Crippen LogP contribution in [0.5, 0.6) is 0 Å². The normalized spacial score (nSPS) is 23.3. The average Bonchev–Trinajstić information content (AvgIpc) is 3.40. The Labute approximate surface area is 148 Å². The van der Waals surface area contributed by atoms with Crippen LogP contribution in [0.1, 0.15) is 36.9 Å². The van der Waals surface area contributed by atoms with Crippen LogP contribution in [0, 0.1) is 10.1 Å². The van der Waals surface area contributed by atoms with Gasteiger partial charge >= 0.3 is 6.18 Å². The van der Waals surface area contributed by atoms with E-state index in [1.54, 1.807) is 18.9 Å². The van der Waals surface area contributed by atoms with E-state index in [0.717, 1.165) is 25.1 Å². The van der Waals surface area contributed by atoms with Gasteiger partial charge in [-0.1, -0.05) is 13.0 Å². The van der Waals surface area contributed by atoms with Crippen molar-refractivity contribution in [3.63, 3.8) is 0 Å². The molecule has 1 aromatic rings. The van der Waals surface area contributed by atoms with Gasteiger partial charge in [-0.25, -0.2) is 0 Å². The van der Waals surface area contributed by atoms with Crippen molar-refractivity contribution < 1.29 is 18.1 Å². The van der Waals surface area contributed by atoms with E-state index in [0.29, 0.717) is 11.3 Å². The van der Waals surface area contributed by atoms with Gasteiger partial charge < -0.3 is 4.90 Å². The molecule has 0 radical (unpaired) electrons. The van der Waals surface area contributed by atoms with Crippen LogP contribution in [0.2, 0.25) is 0 Å². The molecular formula is C16H20F3N5O2. The molecule has 2 unspecified atom stereocenters. The number of likely N-dealkylation sites (N-methyl/N-ethyl adjacent to an activating group) is 1. The second kappa shape index (κ2) is 6.51. The monoisotopic (exact) mass is 371 g/mol. The lowest BCUT2D eigenvalue weighted by molar-refractivity contribution is -0.433. The average molecular weight is 371 g/mol. The predicted octanol–water partition coefficient (Wildman–Crippen LogP) is 2.34. The highest BCUT2D eigenvalue weighted by Crippen LogP contribution is 2.38. The third-order valence-electron chi connectivity index (χ3n) is 4.97. The van der Waals surface area contributed by atoms with Crippen molar-refractivity contribution >= 4 is 0 Å². The molecule has 1 aliphatic heterocycles. The van der Waals surface area contributed by atoms with Crippen molar-refractivity contribution in [1.29, 1.82) is 0 Å². The highest BCUT2D eigenvalue weighted by Gasteiger charge is 2.44. The van der Waals surface area contributed by atoms with Gasteiger partial charge in [0.25, 0.3) is 5.70 Å². The van der Waals surface area contributed by atoms with E-state index in [2.05, 4.69) is 4.98 Å². The zero-order valence-electron chi connectivity index (χ0n) is 14.4. The molecule has 0 bridgehead atoms. The Morgan fingerprint density at radius 1 is 1.38 bits per heavy atom. The summed E-state index contributed by atoms with van der Waals surface area (Å²) in [5, 5.41) is 11.6. The summed E-state index contributed by atoms with van der Waals surface area (Å²) in [6.07, 6.45) is -2.00. The lowest BCUT2D eigenvalue weighted by atomic mass is 9.95. The molecule has 2 atom stereocenters.